The molecule has 0 aromatic heterocycles. The second-order valence-electron chi connectivity index (χ2n) is 8.07. The van der Waals surface area contributed by atoms with Gasteiger partial charge in [0.2, 0.25) is 0 Å². The Kier molecular flexibility index (Phi) is 4.85. The largest absolute Gasteiger partial charge is 0.459 e. The van der Waals surface area contributed by atoms with Gasteiger partial charge in [-0.25, -0.2) is 4.79 Å². The maximum absolute atomic E-state index is 13.0. The van der Waals surface area contributed by atoms with Crippen LogP contribution in [-0.4, -0.2) is 24.0 Å². The molecule has 4 heteroatoms. The summed E-state index contributed by atoms with van der Waals surface area (Å²) in [5, 5.41) is 0. The minimum Gasteiger partial charge on any atom is -0.459 e. The molecule has 1 heterocycles. The standard InChI is InChI=1S/C23H27NO3/c1-6-27-21(26)20(25)24-19-13-12-16(2)14-18(19)23(5,15-22(24,3)4)17-10-8-7-9-11-17/h7-14H,6,15H2,1-5H3/t23-/m1/s1. The first-order valence-electron chi connectivity index (χ1n) is 9.38. The van der Waals surface area contributed by atoms with Gasteiger partial charge in [-0.1, -0.05) is 55.0 Å². The SMILES string of the molecule is CCOC(=O)C(=O)N1c2ccc(C)cc2[C@@](C)(c2ccccc2)CC1(C)C. The van der Waals surface area contributed by atoms with Crippen molar-refractivity contribution in [1.29, 1.82) is 0 Å². The molecule has 1 atom stereocenters. The lowest BCUT2D eigenvalue weighted by molar-refractivity contribution is -0.153. The summed E-state index contributed by atoms with van der Waals surface area (Å²) in [4.78, 5) is 26.8. The molecule has 0 bridgehead atoms. The summed E-state index contributed by atoms with van der Waals surface area (Å²) in [5.41, 5.74) is 3.35. The van der Waals surface area contributed by atoms with Gasteiger partial charge in [0.15, 0.2) is 0 Å². The van der Waals surface area contributed by atoms with Crippen molar-refractivity contribution in [3.63, 3.8) is 0 Å². The van der Waals surface area contributed by atoms with Crippen LogP contribution >= 0.6 is 0 Å². The lowest BCUT2D eigenvalue weighted by atomic mass is 9.65. The first-order chi connectivity index (χ1) is 12.7. The van der Waals surface area contributed by atoms with E-state index in [1.54, 1.807) is 11.8 Å². The molecule has 0 spiro atoms. The summed E-state index contributed by atoms with van der Waals surface area (Å²) >= 11 is 0. The summed E-state index contributed by atoms with van der Waals surface area (Å²) in [6.07, 6.45) is 0.700. The van der Waals surface area contributed by atoms with E-state index < -0.39 is 17.4 Å². The number of rotatable bonds is 2. The van der Waals surface area contributed by atoms with E-state index in [-0.39, 0.29) is 12.0 Å². The Morgan fingerprint density at radius 2 is 1.74 bits per heavy atom. The van der Waals surface area contributed by atoms with E-state index in [1.807, 2.05) is 51.1 Å². The Morgan fingerprint density at radius 3 is 2.37 bits per heavy atom. The van der Waals surface area contributed by atoms with E-state index in [1.165, 1.54) is 5.56 Å². The molecule has 0 unspecified atom stereocenters. The van der Waals surface area contributed by atoms with Gasteiger partial charge < -0.3 is 4.74 Å². The Bertz CT molecular complexity index is 872. The van der Waals surface area contributed by atoms with Crippen LogP contribution < -0.4 is 4.90 Å². The molecular formula is C23H27NO3. The van der Waals surface area contributed by atoms with Crippen LogP contribution in [0.25, 0.3) is 0 Å². The minimum absolute atomic E-state index is 0.182. The highest BCUT2D eigenvalue weighted by atomic mass is 16.5. The predicted molar refractivity (Wildman–Crippen MR) is 107 cm³/mol. The average molecular weight is 365 g/mol. The summed E-state index contributed by atoms with van der Waals surface area (Å²) in [6.45, 7) is 10.2. The minimum atomic E-state index is -0.805. The zero-order valence-electron chi connectivity index (χ0n) is 16.7. The van der Waals surface area contributed by atoms with Gasteiger partial charge in [-0.15, -0.1) is 0 Å². The molecule has 1 amide bonds. The number of carbonyl (C=O) groups is 2. The number of fused-ring (bicyclic) bond motifs is 1. The van der Waals surface area contributed by atoms with Gasteiger partial charge >= 0.3 is 11.9 Å². The fourth-order valence-electron chi connectivity index (χ4n) is 4.38. The zero-order valence-corrected chi connectivity index (χ0v) is 16.7. The Labute approximate surface area is 161 Å². The number of anilines is 1. The van der Waals surface area contributed by atoms with Crippen molar-refractivity contribution in [2.45, 2.75) is 52.0 Å². The van der Waals surface area contributed by atoms with Crippen molar-refractivity contribution in [1.82, 2.24) is 0 Å². The Hall–Kier alpha value is -2.62. The van der Waals surface area contributed by atoms with Crippen molar-refractivity contribution in [2.24, 2.45) is 0 Å². The lowest BCUT2D eigenvalue weighted by Crippen LogP contribution is -2.57. The number of hydrogen-bond donors (Lipinski definition) is 0. The van der Waals surface area contributed by atoms with Gasteiger partial charge in [-0.2, -0.15) is 0 Å². The third-order valence-electron chi connectivity index (χ3n) is 5.44. The summed E-state index contributed by atoms with van der Waals surface area (Å²) < 4.78 is 5.00. The Morgan fingerprint density at radius 1 is 1.07 bits per heavy atom. The molecule has 0 N–H and O–H groups in total. The van der Waals surface area contributed by atoms with Gasteiger partial charge in [0, 0.05) is 16.6 Å². The van der Waals surface area contributed by atoms with Crippen molar-refractivity contribution in [3.05, 3.63) is 65.2 Å². The maximum atomic E-state index is 13.0. The van der Waals surface area contributed by atoms with Gasteiger partial charge in [0.1, 0.15) is 0 Å². The number of esters is 1. The molecule has 0 radical (unpaired) electrons. The van der Waals surface area contributed by atoms with Crippen molar-refractivity contribution in [3.8, 4) is 0 Å². The summed E-state index contributed by atoms with van der Waals surface area (Å²) in [5.74, 6) is -1.41. The van der Waals surface area contributed by atoms with Gasteiger partial charge in [-0.3, -0.25) is 9.69 Å². The highest BCUT2D eigenvalue weighted by molar-refractivity contribution is 6.38. The van der Waals surface area contributed by atoms with Crippen molar-refractivity contribution < 1.29 is 14.3 Å². The van der Waals surface area contributed by atoms with E-state index in [9.17, 15) is 9.59 Å². The number of hydrogen-bond acceptors (Lipinski definition) is 3. The maximum Gasteiger partial charge on any atom is 0.397 e. The molecule has 3 rings (SSSR count). The van der Waals surface area contributed by atoms with Gasteiger partial charge in [-0.05, 0) is 51.3 Å². The molecule has 0 saturated heterocycles. The topological polar surface area (TPSA) is 46.6 Å². The Balaban J connectivity index is 2.21. The van der Waals surface area contributed by atoms with Crippen molar-refractivity contribution >= 4 is 17.6 Å². The molecule has 142 valence electrons. The van der Waals surface area contributed by atoms with Gasteiger partial charge in [0.25, 0.3) is 0 Å². The number of carbonyl (C=O) groups excluding carboxylic acids is 2. The number of benzene rings is 2. The third kappa shape index (κ3) is 3.25. The number of nitrogens with zero attached hydrogens (tertiary/aromatic N) is 1. The van der Waals surface area contributed by atoms with Crippen LogP contribution in [0.15, 0.2) is 48.5 Å². The van der Waals surface area contributed by atoms with Crippen LogP contribution in [-0.2, 0) is 19.7 Å². The van der Waals surface area contributed by atoms with Crippen LogP contribution in [0.1, 0.15) is 50.8 Å². The molecule has 2 aromatic rings. The molecule has 2 aromatic carbocycles. The van der Waals surface area contributed by atoms with E-state index in [2.05, 4.69) is 25.1 Å². The number of amides is 1. The molecule has 1 aliphatic rings. The van der Waals surface area contributed by atoms with Crippen molar-refractivity contribution in [2.75, 3.05) is 11.5 Å². The normalized spacial score (nSPS) is 20.7. The van der Waals surface area contributed by atoms with Gasteiger partial charge in [0.05, 0.1) is 6.61 Å². The van der Waals surface area contributed by atoms with Crippen LogP contribution in [0.3, 0.4) is 0 Å². The monoisotopic (exact) mass is 365 g/mol. The fraction of sp³-hybridized carbons (Fsp3) is 0.391. The quantitative estimate of drug-likeness (QED) is 0.586. The van der Waals surface area contributed by atoms with E-state index >= 15 is 0 Å². The second kappa shape index (κ2) is 6.84. The van der Waals surface area contributed by atoms with Crippen LogP contribution in [0.4, 0.5) is 5.69 Å². The molecular weight excluding hydrogens is 338 g/mol. The van der Waals surface area contributed by atoms with E-state index in [0.29, 0.717) is 6.42 Å². The molecule has 27 heavy (non-hydrogen) atoms. The molecule has 1 aliphatic heterocycles. The van der Waals surface area contributed by atoms with E-state index in [0.717, 1.165) is 16.8 Å². The highest BCUT2D eigenvalue weighted by Crippen LogP contribution is 2.50. The first-order valence-corrected chi connectivity index (χ1v) is 9.38. The van der Waals surface area contributed by atoms with Crippen LogP contribution in [0, 0.1) is 6.92 Å². The summed E-state index contributed by atoms with van der Waals surface area (Å²) in [6, 6.07) is 16.4. The lowest BCUT2D eigenvalue weighted by Gasteiger charge is -2.51. The first kappa shape index (κ1) is 19.2. The zero-order chi connectivity index (χ0) is 19.8. The molecule has 0 fully saturated rings. The number of ether oxygens (including phenoxy) is 1. The fourth-order valence-corrected chi connectivity index (χ4v) is 4.38. The summed E-state index contributed by atoms with van der Waals surface area (Å²) in [7, 11) is 0. The van der Waals surface area contributed by atoms with Crippen LogP contribution in [0.2, 0.25) is 0 Å². The van der Waals surface area contributed by atoms with Crippen LogP contribution in [0.5, 0.6) is 0 Å². The van der Waals surface area contributed by atoms with E-state index in [4.69, 9.17) is 4.74 Å². The third-order valence-corrected chi connectivity index (χ3v) is 5.44. The average Bonchev–Trinajstić information content (AvgIpc) is 2.62. The molecule has 4 nitrogen and oxygen atoms in total. The molecule has 0 aliphatic carbocycles. The second-order valence-corrected chi connectivity index (χ2v) is 8.07. The highest BCUT2D eigenvalue weighted by Gasteiger charge is 2.49. The number of aryl methyl sites for hydroxylation is 1. The molecule has 0 saturated carbocycles. The predicted octanol–water partition coefficient (Wildman–Crippen LogP) is 4.38. The smallest absolute Gasteiger partial charge is 0.397 e.